The molecular weight excluding hydrogens is 475 g/mol. The summed E-state index contributed by atoms with van der Waals surface area (Å²) in [6, 6.07) is 15.1. The maximum absolute atomic E-state index is 12.9. The summed E-state index contributed by atoms with van der Waals surface area (Å²) in [7, 11) is -3.63. The van der Waals surface area contributed by atoms with Crippen molar-refractivity contribution in [1.82, 2.24) is 9.62 Å². The van der Waals surface area contributed by atoms with Gasteiger partial charge in [-0.05, 0) is 30.5 Å². The SMILES string of the molecule is O=C(NCCSCc1ccccc1)[C@H]1CCCN(S(=O)(=O)Cc2c(Cl)cccc2Cl)C1. The van der Waals surface area contributed by atoms with Gasteiger partial charge < -0.3 is 5.32 Å². The molecule has 31 heavy (non-hydrogen) atoms. The van der Waals surface area contributed by atoms with E-state index in [1.807, 2.05) is 18.2 Å². The van der Waals surface area contributed by atoms with E-state index in [2.05, 4.69) is 17.4 Å². The Kier molecular flexibility index (Phi) is 9.10. The van der Waals surface area contributed by atoms with E-state index in [4.69, 9.17) is 23.2 Å². The summed E-state index contributed by atoms with van der Waals surface area (Å²) in [6.07, 6.45) is 1.33. The number of amides is 1. The zero-order valence-electron chi connectivity index (χ0n) is 17.1. The van der Waals surface area contributed by atoms with Crippen LogP contribution in [-0.4, -0.2) is 44.0 Å². The molecule has 1 aliphatic rings. The monoisotopic (exact) mass is 500 g/mol. The second kappa shape index (κ2) is 11.6. The molecule has 2 aromatic rings. The Labute approximate surface area is 198 Å². The van der Waals surface area contributed by atoms with Gasteiger partial charge in [0.2, 0.25) is 15.9 Å². The molecule has 1 aliphatic heterocycles. The molecule has 0 saturated carbocycles. The Hall–Kier alpha value is -1.25. The molecule has 1 amide bonds. The van der Waals surface area contributed by atoms with Gasteiger partial charge >= 0.3 is 0 Å². The number of hydrogen-bond donors (Lipinski definition) is 1. The second-order valence-corrected chi connectivity index (χ2v) is 11.4. The summed E-state index contributed by atoms with van der Waals surface area (Å²) in [5, 5.41) is 3.61. The van der Waals surface area contributed by atoms with E-state index in [0.29, 0.717) is 41.5 Å². The van der Waals surface area contributed by atoms with E-state index in [-0.39, 0.29) is 24.1 Å². The van der Waals surface area contributed by atoms with Crippen molar-refractivity contribution in [1.29, 1.82) is 0 Å². The van der Waals surface area contributed by atoms with Crippen molar-refractivity contribution in [2.75, 3.05) is 25.4 Å². The Balaban J connectivity index is 1.48. The molecule has 0 aromatic heterocycles. The first-order valence-electron chi connectivity index (χ1n) is 10.2. The average Bonchev–Trinajstić information content (AvgIpc) is 2.77. The minimum atomic E-state index is -3.63. The van der Waals surface area contributed by atoms with E-state index in [1.54, 1.807) is 30.0 Å². The highest BCUT2D eigenvalue weighted by atomic mass is 35.5. The number of benzene rings is 2. The number of nitrogens with zero attached hydrogens (tertiary/aromatic N) is 1. The summed E-state index contributed by atoms with van der Waals surface area (Å²) < 4.78 is 27.3. The van der Waals surface area contributed by atoms with Gasteiger partial charge in [0.25, 0.3) is 0 Å². The molecule has 168 valence electrons. The summed E-state index contributed by atoms with van der Waals surface area (Å²) in [5.41, 5.74) is 1.65. The van der Waals surface area contributed by atoms with Crippen LogP contribution in [0.25, 0.3) is 0 Å². The van der Waals surface area contributed by atoms with Gasteiger partial charge in [0, 0.05) is 46.7 Å². The van der Waals surface area contributed by atoms with Crippen molar-refractivity contribution in [3.8, 4) is 0 Å². The fourth-order valence-corrected chi connectivity index (χ4v) is 6.69. The standard InChI is InChI=1S/C22H26Cl2N2O3S2/c23-20-9-4-10-21(24)19(20)16-31(28,29)26-12-5-8-18(14-26)22(27)25-11-13-30-15-17-6-2-1-3-7-17/h1-4,6-7,9-10,18H,5,8,11-16H2,(H,25,27)/t18-/m0/s1. The van der Waals surface area contributed by atoms with E-state index in [1.165, 1.54) is 9.87 Å². The molecule has 9 heteroatoms. The molecule has 0 aliphatic carbocycles. The number of halogens is 2. The fraction of sp³-hybridized carbons (Fsp3) is 0.409. The van der Waals surface area contributed by atoms with Crippen molar-refractivity contribution < 1.29 is 13.2 Å². The fourth-order valence-electron chi connectivity index (χ4n) is 3.51. The lowest BCUT2D eigenvalue weighted by Crippen LogP contribution is -2.46. The Morgan fingerprint density at radius 2 is 1.81 bits per heavy atom. The van der Waals surface area contributed by atoms with Gasteiger partial charge in [-0.3, -0.25) is 4.79 Å². The largest absolute Gasteiger partial charge is 0.355 e. The summed E-state index contributed by atoms with van der Waals surface area (Å²) in [6.45, 7) is 1.16. The van der Waals surface area contributed by atoms with E-state index < -0.39 is 10.0 Å². The lowest BCUT2D eigenvalue weighted by Gasteiger charge is -2.31. The molecule has 3 rings (SSSR count). The minimum absolute atomic E-state index is 0.0870. The number of thioether (sulfide) groups is 1. The Morgan fingerprint density at radius 3 is 2.52 bits per heavy atom. The van der Waals surface area contributed by atoms with Crippen LogP contribution in [0.3, 0.4) is 0 Å². The molecule has 1 atom stereocenters. The summed E-state index contributed by atoms with van der Waals surface area (Å²) in [5.74, 6) is 1.01. The van der Waals surface area contributed by atoms with Crippen molar-refractivity contribution in [3.63, 3.8) is 0 Å². The molecule has 5 nitrogen and oxygen atoms in total. The average molecular weight is 502 g/mol. The van der Waals surface area contributed by atoms with Gasteiger partial charge in [0.05, 0.1) is 11.7 Å². The Morgan fingerprint density at radius 1 is 1.10 bits per heavy atom. The third-order valence-electron chi connectivity index (χ3n) is 5.19. The van der Waals surface area contributed by atoms with Gasteiger partial charge in [-0.2, -0.15) is 11.8 Å². The first-order chi connectivity index (χ1) is 14.9. The molecule has 0 bridgehead atoms. The van der Waals surface area contributed by atoms with Crippen LogP contribution in [0.5, 0.6) is 0 Å². The van der Waals surface area contributed by atoms with E-state index >= 15 is 0 Å². The quantitative estimate of drug-likeness (QED) is 0.511. The van der Waals surface area contributed by atoms with Crippen LogP contribution in [0.4, 0.5) is 0 Å². The smallest absolute Gasteiger partial charge is 0.224 e. The highest BCUT2D eigenvalue weighted by molar-refractivity contribution is 7.98. The zero-order chi connectivity index (χ0) is 22.3. The second-order valence-electron chi connectivity index (χ2n) is 7.48. The van der Waals surface area contributed by atoms with Crippen molar-refractivity contribution in [2.45, 2.75) is 24.3 Å². The molecule has 0 spiro atoms. The van der Waals surface area contributed by atoms with E-state index in [9.17, 15) is 13.2 Å². The number of carbonyl (C=O) groups excluding carboxylic acids is 1. The van der Waals surface area contributed by atoms with Crippen molar-refractivity contribution >= 4 is 50.9 Å². The van der Waals surface area contributed by atoms with Crippen molar-refractivity contribution in [3.05, 3.63) is 69.7 Å². The van der Waals surface area contributed by atoms with E-state index in [0.717, 1.165) is 11.5 Å². The third-order valence-corrected chi connectivity index (χ3v) is 8.70. The van der Waals surface area contributed by atoms with Crippen LogP contribution in [-0.2, 0) is 26.3 Å². The molecular formula is C22H26Cl2N2O3S2. The zero-order valence-corrected chi connectivity index (χ0v) is 20.2. The minimum Gasteiger partial charge on any atom is -0.355 e. The predicted molar refractivity (Wildman–Crippen MR) is 129 cm³/mol. The molecule has 0 unspecified atom stereocenters. The predicted octanol–water partition coefficient (Wildman–Crippen LogP) is 4.58. The topological polar surface area (TPSA) is 66.5 Å². The normalized spacial score (nSPS) is 17.4. The first-order valence-corrected chi connectivity index (χ1v) is 13.7. The molecule has 0 radical (unpaired) electrons. The number of carbonyl (C=O) groups is 1. The van der Waals surface area contributed by atoms with Gasteiger partial charge in [-0.15, -0.1) is 0 Å². The van der Waals surface area contributed by atoms with Gasteiger partial charge in [0.15, 0.2) is 0 Å². The molecule has 2 aromatic carbocycles. The van der Waals surface area contributed by atoms with Crippen LogP contribution in [0.1, 0.15) is 24.0 Å². The van der Waals surface area contributed by atoms with Gasteiger partial charge in [0.1, 0.15) is 0 Å². The van der Waals surface area contributed by atoms with Crippen molar-refractivity contribution in [2.24, 2.45) is 5.92 Å². The van der Waals surface area contributed by atoms with Crippen LogP contribution in [0.15, 0.2) is 48.5 Å². The lowest BCUT2D eigenvalue weighted by molar-refractivity contribution is -0.125. The van der Waals surface area contributed by atoms with Crippen LogP contribution < -0.4 is 5.32 Å². The first kappa shape index (κ1) is 24.4. The maximum atomic E-state index is 12.9. The van der Waals surface area contributed by atoms with Crippen LogP contribution in [0, 0.1) is 5.92 Å². The summed E-state index contributed by atoms with van der Waals surface area (Å²) >= 11 is 14.0. The molecule has 1 fully saturated rings. The molecule has 1 saturated heterocycles. The lowest BCUT2D eigenvalue weighted by atomic mass is 9.99. The summed E-state index contributed by atoms with van der Waals surface area (Å²) in [4.78, 5) is 12.6. The molecule has 1 N–H and O–H groups in total. The highest BCUT2D eigenvalue weighted by Crippen LogP contribution is 2.29. The maximum Gasteiger partial charge on any atom is 0.224 e. The number of nitrogens with one attached hydrogen (secondary N) is 1. The number of sulfonamides is 1. The van der Waals surface area contributed by atoms with Crippen LogP contribution in [0.2, 0.25) is 10.0 Å². The van der Waals surface area contributed by atoms with Gasteiger partial charge in [-0.25, -0.2) is 12.7 Å². The number of rotatable bonds is 9. The number of piperidine rings is 1. The Bertz CT molecular complexity index is 967. The number of hydrogen-bond acceptors (Lipinski definition) is 4. The third kappa shape index (κ3) is 7.12. The van der Waals surface area contributed by atoms with Gasteiger partial charge in [-0.1, -0.05) is 59.6 Å². The highest BCUT2D eigenvalue weighted by Gasteiger charge is 2.33. The molecule has 1 heterocycles. The van der Waals surface area contributed by atoms with Crippen LogP contribution >= 0.6 is 35.0 Å².